The third-order valence-electron chi connectivity index (χ3n) is 3.29. The molecule has 0 amide bonds. The van der Waals surface area contributed by atoms with Crippen LogP contribution in [0.1, 0.15) is 33.6 Å². The van der Waals surface area contributed by atoms with Crippen molar-refractivity contribution < 1.29 is 4.74 Å². The van der Waals surface area contributed by atoms with Gasteiger partial charge in [0, 0.05) is 33.2 Å². The number of nitrogens with zero attached hydrogens (tertiary/aromatic N) is 1. The summed E-state index contributed by atoms with van der Waals surface area (Å²) in [5.41, 5.74) is 0.204. The number of guanidine groups is 1. The number of hydrogen-bond acceptors (Lipinski definition) is 2. The number of hydrogen-bond donors (Lipinski definition) is 2. The lowest BCUT2D eigenvalue weighted by atomic mass is 9.78. The summed E-state index contributed by atoms with van der Waals surface area (Å²) in [6, 6.07) is 0. The molecule has 108 valence electrons. The SMILES string of the molecule is CN=C(NC)NCC1CCCOC1C(C)(C)C.I. The van der Waals surface area contributed by atoms with Crippen LogP contribution in [0.3, 0.4) is 0 Å². The summed E-state index contributed by atoms with van der Waals surface area (Å²) in [4.78, 5) is 4.13. The van der Waals surface area contributed by atoms with Crippen molar-refractivity contribution in [3.63, 3.8) is 0 Å². The van der Waals surface area contributed by atoms with Gasteiger partial charge in [0.25, 0.3) is 0 Å². The van der Waals surface area contributed by atoms with Crippen LogP contribution in [0.4, 0.5) is 0 Å². The fourth-order valence-electron chi connectivity index (χ4n) is 2.52. The zero-order valence-corrected chi connectivity index (χ0v) is 14.6. The highest BCUT2D eigenvalue weighted by Gasteiger charge is 2.35. The van der Waals surface area contributed by atoms with Gasteiger partial charge in [0.2, 0.25) is 0 Å². The first-order valence-corrected chi connectivity index (χ1v) is 6.49. The molecule has 0 aromatic heterocycles. The molecule has 0 bridgehead atoms. The third-order valence-corrected chi connectivity index (χ3v) is 3.29. The van der Waals surface area contributed by atoms with Crippen molar-refractivity contribution in [2.24, 2.45) is 16.3 Å². The summed E-state index contributed by atoms with van der Waals surface area (Å²) in [7, 11) is 3.67. The fraction of sp³-hybridized carbons (Fsp3) is 0.923. The van der Waals surface area contributed by atoms with Gasteiger partial charge in [-0.15, -0.1) is 24.0 Å². The van der Waals surface area contributed by atoms with Gasteiger partial charge in [-0.1, -0.05) is 20.8 Å². The maximum absolute atomic E-state index is 5.95. The second-order valence-electron chi connectivity index (χ2n) is 5.76. The summed E-state index contributed by atoms with van der Waals surface area (Å²) >= 11 is 0. The Morgan fingerprint density at radius 2 is 2.06 bits per heavy atom. The van der Waals surface area contributed by atoms with Crippen LogP contribution in [0.2, 0.25) is 0 Å². The molecule has 1 fully saturated rings. The molecule has 1 aliphatic rings. The first-order chi connectivity index (χ1) is 7.99. The molecule has 0 aromatic rings. The van der Waals surface area contributed by atoms with E-state index in [1.807, 2.05) is 7.05 Å². The molecule has 4 nitrogen and oxygen atoms in total. The molecule has 1 rings (SSSR count). The van der Waals surface area contributed by atoms with Crippen LogP contribution < -0.4 is 10.6 Å². The van der Waals surface area contributed by atoms with Gasteiger partial charge in [-0.05, 0) is 18.3 Å². The minimum atomic E-state index is 0. The van der Waals surface area contributed by atoms with Crippen LogP contribution in [0.15, 0.2) is 4.99 Å². The molecule has 0 radical (unpaired) electrons. The molecule has 5 heteroatoms. The Labute approximate surface area is 128 Å². The molecule has 18 heavy (non-hydrogen) atoms. The van der Waals surface area contributed by atoms with E-state index in [1.165, 1.54) is 6.42 Å². The minimum Gasteiger partial charge on any atom is -0.377 e. The molecule has 1 saturated heterocycles. The Bertz CT molecular complexity index is 263. The van der Waals surface area contributed by atoms with Gasteiger partial charge < -0.3 is 15.4 Å². The maximum Gasteiger partial charge on any atom is 0.190 e. The number of ether oxygens (including phenoxy) is 1. The predicted molar refractivity (Wildman–Crippen MR) is 87.8 cm³/mol. The molecular weight excluding hydrogens is 341 g/mol. The van der Waals surface area contributed by atoms with Gasteiger partial charge in [-0.25, -0.2) is 0 Å². The van der Waals surface area contributed by atoms with Crippen LogP contribution in [-0.4, -0.2) is 39.3 Å². The predicted octanol–water partition coefficient (Wildman–Crippen LogP) is 2.24. The molecule has 0 saturated carbocycles. The van der Waals surface area contributed by atoms with Gasteiger partial charge in [0.1, 0.15) is 0 Å². The Kier molecular flexibility index (Phi) is 8.18. The molecular formula is C13H28IN3O. The number of nitrogens with one attached hydrogen (secondary N) is 2. The van der Waals surface area contributed by atoms with Gasteiger partial charge >= 0.3 is 0 Å². The summed E-state index contributed by atoms with van der Waals surface area (Å²) in [6.07, 6.45) is 2.73. The van der Waals surface area contributed by atoms with Crippen LogP contribution in [0.5, 0.6) is 0 Å². The first-order valence-electron chi connectivity index (χ1n) is 6.49. The van der Waals surface area contributed by atoms with E-state index in [9.17, 15) is 0 Å². The van der Waals surface area contributed by atoms with Gasteiger partial charge in [0.05, 0.1) is 6.10 Å². The number of halogens is 1. The number of rotatable bonds is 2. The first kappa shape index (κ1) is 18.0. The average Bonchev–Trinajstić information content (AvgIpc) is 2.29. The average molecular weight is 369 g/mol. The fourth-order valence-corrected chi connectivity index (χ4v) is 2.52. The highest BCUT2D eigenvalue weighted by atomic mass is 127. The van der Waals surface area contributed by atoms with Crippen molar-refractivity contribution in [1.29, 1.82) is 0 Å². The highest BCUT2D eigenvalue weighted by Crippen LogP contribution is 2.33. The quantitative estimate of drug-likeness (QED) is 0.446. The second kappa shape index (κ2) is 8.19. The summed E-state index contributed by atoms with van der Waals surface area (Å²) < 4.78 is 5.95. The minimum absolute atomic E-state index is 0. The van der Waals surface area contributed by atoms with E-state index >= 15 is 0 Å². The van der Waals surface area contributed by atoms with E-state index < -0.39 is 0 Å². The lowest BCUT2D eigenvalue weighted by Gasteiger charge is -2.40. The lowest BCUT2D eigenvalue weighted by molar-refractivity contribution is -0.0835. The van der Waals surface area contributed by atoms with Crippen molar-refractivity contribution in [1.82, 2.24) is 10.6 Å². The van der Waals surface area contributed by atoms with E-state index in [1.54, 1.807) is 7.05 Å². The largest absolute Gasteiger partial charge is 0.377 e. The molecule has 1 heterocycles. The molecule has 0 aliphatic carbocycles. The van der Waals surface area contributed by atoms with Crippen LogP contribution in [-0.2, 0) is 4.74 Å². The lowest BCUT2D eigenvalue weighted by Crippen LogP contribution is -2.47. The third kappa shape index (κ3) is 5.30. The normalized spacial score (nSPS) is 25.3. The molecule has 2 N–H and O–H groups in total. The van der Waals surface area contributed by atoms with Crippen molar-refractivity contribution >= 4 is 29.9 Å². The van der Waals surface area contributed by atoms with Gasteiger partial charge in [-0.3, -0.25) is 4.99 Å². The van der Waals surface area contributed by atoms with E-state index in [0.29, 0.717) is 12.0 Å². The Morgan fingerprint density at radius 1 is 1.39 bits per heavy atom. The Hall–Kier alpha value is -0.0400. The smallest absolute Gasteiger partial charge is 0.190 e. The Morgan fingerprint density at radius 3 is 2.56 bits per heavy atom. The molecule has 2 unspecified atom stereocenters. The Balaban J connectivity index is 0.00000289. The second-order valence-corrected chi connectivity index (χ2v) is 5.76. The zero-order valence-electron chi connectivity index (χ0n) is 12.2. The molecule has 0 spiro atoms. The van der Waals surface area contributed by atoms with Gasteiger partial charge in [-0.2, -0.15) is 0 Å². The topological polar surface area (TPSA) is 45.7 Å². The summed E-state index contributed by atoms with van der Waals surface area (Å²) in [5.74, 6) is 1.41. The van der Waals surface area contributed by atoms with Crippen LogP contribution in [0.25, 0.3) is 0 Å². The van der Waals surface area contributed by atoms with Crippen molar-refractivity contribution in [2.75, 3.05) is 27.2 Å². The van der Waals surface area contributed by atoms with E-state index in [0.717, 1.165) is 25.5 Å². The van der Waals surface area contributed by atoms with E-state index in [4.69, 9.17) is 4.74 Å². The standard InChI is InChI=1S/C13H27N3O.HI/c1-13(2,3)11-10(7-6-8-17-11)9-16-12(14-4)15-5;/h10-11H,6-9H2,1-5H3,(H2,14,15,16);1H. The van der Waals surface area contributed by atoms with E-state index in [-0.39, 0.29) is 29.4 Å². The molecule has 1 aliphatic heterocycles. The summed E-state index contributed by atoms with van der Waals surface area (Å²) in [6.45, 7) is 8.59. The van der Waals surface area contributed by atoms with Crippen molar-refractivity contribution in [3.05, 3.63) is 0 Å². The van der Waals surface area contributed by atoms with Crippen molar-refractivity contribution in [3.8, 4) is 0 Å². The molecule has 0 aromatic carbocycles. The van der Waals surface area contributed by atoms with E-state index in [2.05, 4.69) is 36.4 Å². The maximum atomic E-state index is 5.95. The molecule has 2 atom stereocenters. The monoisotopic (exact) mass is 369 g/mol. The number of aliphatic imine (C=N–C) groups is 1. The zero-order chi connectivity index (χ0) is 12.9. The summed E-state index contributed by atoms with van der Waals surface area (Å²) in [5, 5.41) is 6.39. The van der Waals surface area contributed by atoms with Crippen molar-refractivity contribution in [2.45, 2.75) is 39.7 Å². The highest BCUT2D eigenvalue weighted by molar-refractivity contribution is 14.0. The van der Waals surface area contributed by atoms with Crippen LogP contribution in [0, 0.1) is 11.3 Å². The van der Waals surface area contributed by atoms with Gasteiger partial charge in [0.15, 0.2) is 5.96 Å². The van der Waals surface area contributed by atoms with Crippen LogP contribution >= 0.6 is 24.0 Å².